The van der Waals surface area contributed by atoms with Gasteiger partial charge in [0.2, 0.25) is 5.75 Å². The Labute approximate surface area is 146 Å². The van der Waals surface area contributed by atoms with Gasteiger partial charge in [0, 0.05) is 12.4 Å². The molecule has 0 unspecified atom stereocenters. The number of rotatable bonds is 6. The maximum atomic E-state index is 5.92. The molecule has 2 aromatic heterocycles. The minimum atomic E-state index is -0.0142. The Morgan fingerprint density at radius 2 is 1.80 bits per heavy atom. The Balaban J connectivity index is 1.63. The van der Waals surface area contributed by atoms with E-state index in [1.807, 2.05) is 56.6 Å². The highest BCUT2D eigenvalue weighted by Gasteiger charge is 2.24. The van der Waals surface area contributed by atoms with Gasteiger partial charge in [0.15, 0.2) is 0 Å². The van der Waals surface area contributed by atoms with Crippen molar-refractivity contribution in [3.8, 4) is 23.3 Å². The van der Waals surface area contributed by atoms with Crippen LogP contribution in [0.15, 0.2) is 48.9 Å². The van der Waals surface area contributed by atoms with Gasteiger partial charge >= 0.3 is 0 Å². The van der Waals surface area contributed by atoms with Crippen LogP contribution in [0.1, 0.15) is 38.2 Å². The molecule has 3 aromatic rings. The predicted molar refractivity (Wildman–Crippen MR) is 93.4 cm³/mol. The SMILES string of the molecule is CC(C)Oc1nn(-c2ncc(C3CC3)cn2)cc1Oc1ccccc1. The van der Waals surface area contributed by atoms with Crippen LogP contribution in [-0.4, -0.2) is 25.9 Å². The van der Waals surface area contributed by atoms with Gasteiger partial charge < -0.3 is 9.47 Å². The first-order valence-electron chi connectivity index (χ1n) is 8.50. The van der Waals surface area contributed by atoms with Gasteiger partial charge in [-0.15, -0.1) is 5.10 Å². The number of hydrogen-bond acceptors (Lipinski definition) is 5. The summed E-state index contributed by atoms with van der Waals surface area (Å²) in [7, 11) is 0. The largest absolute Gasteiger partial charge is 0.471 e. The van der Waals surface area contributed by atoms with E-state index in [2.05, 4.69) is 15.1 Å². The molecule has 0 aliphatic heterocycles. The van der Waals surface area contributed by atoms with Crippen LogP contribution < -0.4 is 9.47 Å². The number of benzene rings is 1. The highest BCUT2D eigenvalue weighted by atomic mass is 16.5. The molecular weight excluding hydrogens is 316 g/mol. The monoisotopic (exact) mass is 336 g/mol. The molecule has 1 aliphatic carbocycles. The Hall–Kier alpha value is -2.89. The maximum absolute atomic E-state index is 5.92. The van der Waals surface area contributed by atoms with Gasteiger partial charge in [-0.3, -0.25) is 0 Å². The second kappa shape index (κ2) is 6.55. The molecule has 4 rings (SSSR count). The Kier molecular flexibility index (Phi) is 4.09. The molecule has 1 fully saturated rings. The Bertz CT molecular complexity index is 840. The maximum Gasteiger partial charge on any atom is 0.277 e. The molecule has 0 amide bonds. The van der Waals surface area contributed by atoms with E-state index in [0.29, 0.717) is 23.5 Å². The summed E-state index contributed by atoms with van der Waals surface area (Å²) in [6.45, 7) is 3.90. The van der Waals surface area contributed by atoms with Crippen LogP contribution in [0.25, 0.3) is 5.95 Å². The number of para-hydroxylation sites is 1. The van der Waals surface area contributed by atoms with Crippen molar-refractivity contribution >= 4 is 0 Å². The first kappa shape index (κ1) is 15.6. The van der Waals surface area contributed by atoms with Gasteiger partial charge in [-0.25, -0.2) is 9.97 Å². The fourth-order valence-electron chi connectivity index (χ4n) is 2.51. The highest BCUT2D eigenvalue weighted by molar-refractivity contribution is 5.38. The summed E-state index contributed by atoms with van der Waals surface area (Å²) in [5.74, 6) is 2.81. The van der Waals surface area contributed by atoms with Crippen LogP contribution in [0.5, 0.6) is 17.4 Å². The van der Waals surface area contributed by atoms with Crippen molar-refractivity contribution in [1.29, 1.82) is 0 Å². The van der Waals surface area contributed by atoms with Gasteiger partial charge in [-0.2, -0.15) is 4.68 Å². The van der Waals surface area contributed by atoms with Crippen molar-refractivity contribution in [2.24, 2.45) is 0 Å². The van der Waals surface area contributed by atoms with E-state index in [0.717, 1.165) is 5.75 Å². The van der Waals surface area contributed by atoms with E-state index < -0.39 is 0 Å². The standard InChI is InChI=1S/C19H20N4O2/c1-13(2)24-18-17(25-16-6-4-3-5-7-16)12-23(22-18)19-20-10-15(11-21-19)14-8-9-14/h3-7,10-14H,8-9H2,1-2H3. The lowest BCUT2D eigenvalue weighted by Crippen LogP contribution is -2.08. The van der Waals surface area contributed by atoms with Crippen molar-refractivity contribution in [3.05, 3.63) is 54.5 Å². The first-order valence-corrected chi connectivity index (χ1v) is 8.50. The zero-order valence-electron chi connectivity index (χ0n) is 14.3. The summed E-state index contributed by atoms with van der Waals surface area (Å²) >= 11 is 0. The van der Waals surface area contributed by atoms with Gasteiger partial charge in [-0.1, -0.05) is 18.2 Å². The van der Waals surface area contributed by atoms with Crippen LogP contribution in [-0.2, 0) is 0 Å². The summed E-state index contributed by atoms with van der Waals surface area (Å²) in [4.78, 5) is 8.86. The second-order valence-corrected chi connectivity index (χ2v) is 6.42. The van der Waals surface area contributed by atoms with E-state index in [1.54, 1.807) is 10.9 Å². The Morgan fingerprint density at radius 1 is 1.08 bits per heavy atom. The number of aromatic nitrogens is 4. The molecule has 2 heterocycles. The highest BCUT2D eigenvalue weighted by Crippen LogP contribution is 2.39. The molecule has 25 heavy (non-hydrogen) atoms. The summed E-state index contributed by atoms with van der Waals surface area (Å²) in [5.41, 5.74) is 1.19. The third kappa shape index (κ3) is 3.63. The molecule has 128 valence electrons. The quantitative estimate of drug-likeness (QED) is 0.677. The van der Waals surface area contributed by atoms with E-state index in [4.69, 9.17) is 9.47 Å². The van der Waals surface area contributed by atoms with E-state index >= 15 is 0 Å². The molecule has 6 heteroatoms. The zero-order chi connectivity index (χ0) is 17.2. The smallest absolute Gasteiger partial charge is 0.277 e. The summed E-state index contributed by atoms with van der Waals surface area (Å²) < 4.78 is 13.3. The van der Waals surface area contributed by atoms with E-state index in [9.17, 15) is 0 Å². The third-order valence-electron chi connectivity index (χ3n) is 3.88. The summed E-state index contributed by atoms with van der Waals surface area (Å²) in [6.07, 6.45) is 7.94. The molecule has 0 saturated heterocycles. The minimum absolute atomic E-state index is 0.0142. The van der Waals surface area contributed by atoms with E-state index in [1.165, 1.54) is 18.4 Å². The fraction of sp³-hybridized carbons (Fsp3) is 0.316. The molecule has 1 aliphatic rings. The van der Waals surface area contributed by atoms with Crippen LogP contribution in [0.3, 0.4) is 0 Å². The molecule has 6 nitrogen and oxygen atoms in total. The molecule has 0 spiro atoms. The zero-order valence-corrected chi connectivity index (χ0v) is 14.3. The van der Waals surface area contributed by atoms with Gasteiger partial charge in [-0.05, 0) is 50.3 Å². The first-order chi connectivity index (χ1) is 12.2. The van der Waals surface area contributed by atoms with E-state index in [-0.39, 0.29) is 6.10 Å². The van der Waals surface area contributed by atoms with Gasteiger partial charge in [0.25, 0.3) is 11.8 Å². The van der Waals surface area contributed by atoms with Crippen LogP contribution in [0, 0.1) is 0 Å². The van der Waals surface area contributed by atoms with Crippen molar-refractivity contribution in [2.45, 2.75) is 38.7 Å². The third-order valence-corrected chi connectivity index (χ3v) is 3.88. The van der Waals surface area contributed by atoms with Crippen molar-refractivity contribution in [1.82, 2.24) is 19.7 Å². The molecule has 0 atom stereocenters. The lowest BCUT2D eigenvalue weighted by molar-refractivity contribution is 0.223. The van der Waals surface area contributed by atoms with Crippen molar-refractivity contribution in [2.75, 3.05) is 0 Å². The van der Waals surface area contributed by atoms with Crippen molar-refractivity contribution in [3.63, 3.8) is 0 Å². The van der Waals surface area contributed by atoms with Gasteiger partial charge in [0.1, 0.15) is 5.75 Å². The summed E-state index contributed by atoms with van der Waals surface area (Å²) in [5, 5.41) is 4.45. The molecule has 1 saturated carbocycles. The molecular formula is C19H20N4O2. The molecule has 0 radical (unpaired) electrons. The van der Waals surface area contributed by atoms with Crippen LogP contribution in [0.4, 0.5) is 0 Å². The normalized spacial score (nSPS) is 13.9. The lowest BCUT2D eigenvalue weighted by atomic mass is 10.2. The predicted octanol–water partition coefficient (Wildman–Crippen LogP) is 4.12. The molecule has 0 bridgehead atoms. The summed E-state index contributed by atoms with van der Waals surface area (Å²) in [6, 6.07) is 9.55. The second-order valence-electron chi connectivity index (χ2n) is 6.42. The van der Waals surface area contributed by atoms with Crippen LogP contribution in [0.2, 0.25) is 0 Å². The molecule has 1 aromatic carbocycles. The average Bonchev–Trinajstić information content (AvgIpc) is 3.40. The Morgan fingerprint density at radius 3 is 2.44 bits per heavy atom. The van der Waals surface area contributed by atoms with Crippen molar-refractivity contribution < 1.29 is 9.47 Å². The minimum Gasteiger partial charge on any atom is -0.471 e. The molecule has 0 N–H and O–H groups in total. The lowest BCUT2D eigenvalue weighted by Gasteiger charge is -2.09. The number of ether oxygens (including phenoxy) is 2. The topological polar surface area (TPSA) is 62.1 Å². The number of nitrogens with zero attached hydrogens (tertiary/aromatic N) is 4. The van der Waals surface area contributed by atoms with Gasteiger partial charge in [0.05, 0.1) is 12.3 Å². The average molecular weight is 336 g/mol. The van der Waals surface area contributed by atoms with Crippen LogP contribution >= 0.6 is 0 Å². The number of hydrogen-bond donors (Lipinski definition) is 0. The fourth-order valence-corrected chi connectivity index (χ4v) is 2.51.